The molecular weight excluding hydrogens is 378 g/mol. The summed E-state index contributed by atoms with van der Waals surface area (Å²) in [4.78, 5) is 1.08. The smallest absolute Gasteiger partial charge is 0.203 e. The maximum Gasteiger partial charge on any atom is 0.203 e. The molecule has 2 aromatic rings. The van der Waals surface area contributed by atoms with Gasteiger partial charge in [0.1, 0.15) is 0 Å². The van der Waals surface area contributed by atoms with Crippen molar-refractivity contribution in [3.05, 3.63) is 42.1 Å². The van der Waals surface area contributed by atoms with Crippen molar-refractivity contribution in [3.8, 4) is 27.7 Å². The molecule has 1 heterocycles. The van der Waals surface area contributed by atoms with E-state index < -0.39 is 0 Å². The van der Waals surface area contributed by atoms with Gasteiger partial charge in [-0.3, -0.25) is 0 Å². The summed E-state index contributed by atoms with van der Waals surface area (Å²) >= 11 is 3.21. The van der Waals surface area contributed by atoms with E-state index in [1.165, 1.54) is 11.5 Å². The van der Waals surface area contributed by atoms with Gasteiger partial charge in [0, 0.05) is 17.3 Å². The van der Waals surface area contributed by atoms with Crippen molar-refractivity contribution in [2.75, 3.05) is 33.8 Å². The van der Waals surface area contributed by atoms with Crippen LogP contribution in [0.25, 0.3) is 16.0 Å². The number of thioether (sulfide) groups is 1. The van der Waals surface area contributed by atoms with Gasteiger partial charge in [-0.25, -0.2) is 0 Å². The van der Waals surface area contributed by atoms with Crippen LogP contribution in [-0.2, 0) is 0 Å². The average Bonchev–Trinajstić information content (AvgIpc) is 3.17. The van der Waals surface area contributed by atoms with Gasteiger partial charge in [-0.2, -0.15) is 16.1 Å². The van der Waals surface area contributed by atoms with Crippen LogP contribution >= 0.6 is 23.3 Å². The zero-order chi connectivity index (χ0) is 20.2. The quantitative estimate of drug-likeness (QED) is 0.512. The number of methoxy groups -OCH3 is 3. The van der Waals surface area contributed by atoms with E-state index in [-0.39, 0.29) is 0 Å². The van der Waals surface area contributed by atoms with Gasteiger partial charge >= 0.3 is 0 Å². The van der Waals surface area contributed by atoms with E-state index in [4.69, 9.17) is 14.2 Å². The van der Waals surface area contributed by atoms with Crippen LogP contribution in [0.4, 0.5) is 0 Å². The fraction of sp³-hybridized carbons (Fsp3) is 0.381. The number of nitrogens with zero attached hydrogens (tertiary/aromatic N) is 1. The van der Waals surface area contributed by atoms with Crippen LogP contribution in [0, 0.1) is 0 Å². The minimum Gasteiger partial charge on any atom is -0.493 e. The Bertz CT molecular complexity index is 742. The SMILES string of the molecule is CC/C=C\C=C(/C)c1cnsc1-c1cc(OC)c(OC)c(OC)c1.CSC. The number of ether oxygens (including phenoxy) is 3. The van der Waals surface area contributed by atoms with Crippen molar-refractivity contribution in [1.82, 2.24) is 4.37 Å². The molecule has 0 bridgehead atoms. The predicted octanol–water partition coefficient (Wildman–Crippen LogP) is 6.18. The standard InChI is InChI=1S/C19H23NO3S.C2H6S/c1-6-7-8-9-13(2)15-12-20-24-19(15)14-10-16(21-3)18(23-5)17(11-14)22-4;1-3-2/h7-12H,6H2,1-5H3;1-2H3/b8-7-,13-9+;. The second-order valence-electron chi connectivity index (χ2n) is 5.58. The number of hydrogen-bond acceptors (Lipinski definition) is 6. The normalized spacial score (nSPS) is 11.1. The lowest BCUT2D eigenvalue weighted by molar-refractivity contribution is 0.324. The Balaban J connectivity index is 0.00000114. The maximum absolute atomic E-state index is 5.45. The van der Waals surface area contributed by atoms with E-state index >= 15 is 0 Å². The zero-order valence-corrected chi connectivity index (χ0v) is 18.8. The fourth-order valence-electron chi connectivity index (χ4n) is 2.38. The van der Waals surface area contributed by atoms with E-state index in [1.807, 2.05) is 30.8 Å². The largest absolute Gasteiger partial charge is 0.493 e. The molecule has 6 heteroatoms. The summed E-state index contributed by atoms with van der Waals surface area (Å²) in [5, 5.41) is 0. The second-order valence-corrected chi connectivity index (χ2v) is 7.20. The van der Waals surface area contributed by atoms with Gasteiger partial charge in [0.05, 0.1) is 26.2 Å². The highest BCUT2D eigenvalue weighted by atomic mass is 32.2. The average molecular weight is 408 g/mol. The zero-order valence-electron chi connectivity index (χ0n) is 17.2. The van der Waals surface area contributed by atoms with E-state index in [0.717, 1.165) is 28.0 Å². The molecule has 0 N–H and O–H groups in total. The summed E-state index contributed by atoms with van der Waals surface area (Å²) in [5.74, 6) is 1.87. The van der Waals surface area contributed by atoms with Crippen molar-refractivity contribution in [1.29, 1.82) is 0 Å². The third kappa shape index (κ3) is 6.33. The van der Waals surface area contributed by atoms with Gasteiger partial charge in [-0.15, -0.1) is 0 Å². The van der Waals surface area contributed by atoms with Gasteiger partial charge in [0.2, 0.25) is 5.75 Å². The molecule has 0 unspecified atom stereocenters. The third-order valence-corrected chi connectivity index (χ3v) is 4.49. The van der Waals surface area contributed by atoms with Gasteiger partial charge < -0.3 is 14.2 Å². The van der Waals surface area contributed by atoms with Crippen LogP contribution in [-0.4, -0.2) is 38.2 Å². The summed E-state index contributed by atoms with van der Waals surface area (Å²) in [6.07, 6.45) is 13.3. The van der Waals surface area contributed by atoms with Crippen molar-refractivity contribution in [2.45, 2.75) is 20.3 Å². The Labute approximate surface area is 171 Å². The second kappa shape index (κ2) is 12.5. The lowest BCUT2D eigenvalue weighted by Crippen LogP contribution is -1.95. The number of rotatable bonds is 7. The molecule has 0 aliphatic rings. The maximum atomic E-state index is 5.45. The van der Waals surface area contributed by atoms with E-state index in [1.54, 1.807) is 33.1 Å². The number of aromatic nitrogens is 1. The van der Waals surface area contributed by atoms with Gasteiger partial charge in [0.25, 0.3) is 0 Å². The van der Waals surface area contributed by atoms with Gasteiger partial charge in [0.15, 0.2) is 11.5 Å². The monoisotopic (exact) mass is 407 g/mol. The minimum atomic E-state index is 0.591. The molecule has 1 aromatic heterocycles. The van der Waals surface area contributed by atoms with E-state index in [2.05, 4.69) is 36.4 Å². The molecule has 0 saturated heterocycles. The summed E-state index contributed by atoms with van der Waals surface area (Å²) in [7, 11) is 4.84. The first-order chi connectivity index (χ1) is 13.1. The fourth-order valence-corrected chi connectivity index (χ4v) is 3.18. The predicted molar refractivity (Wildman–Crippen MR) is 120 cm³/mol. The number of benzene rings is 1. The summed E-state index contributed by atoms with van der Waals surface area (Å²) in [6, 6.07) is 3.90. The van der Waals surface area contributed by atoms with Crippen LogP contribution in [0.15, 0.2) is 36.6 Å². The molecular formula is C21H29NO3S2. The molecule has 0 atom stereocenters. The van der Waals surface area contributed by atoms with Crippen LogP contribution in [0.1, 0.15) is 25.8 Å². The highest BCUT2D eigenvalue weighted by molar-refractivity contribution is 7.97. The molecule has 1 aromatic carbocycles. The first kappa shape index (κ1) is 23.1. The molecule has 148 valence electrons. The Hall–Kier alpha value is -1.92. The van der Waals surface area contributed by atoms with Crippen LogP contribution in [0.3, 0.4) is 0 Å². The van der Waals surface area contributed by atoms with Gasteiger partial charge in [-0.05, 0) is 55.1 Å². The van der Waals surface area contributed by atoms with Crippen LogP contribution in [0.2, 0.25) is 0 Å². The first-order valence-electron chi connectivity index (χ1n) is 8.56. The number of hydrogen-bond donors (Lipinski definition) is 0. The third-order valence-electron chi connectivity index (χ3n) is 3.64. The molecule has 0 fully saturated rings. The Morgan fingerprint density at radius 3 is 2.19 bits per heavy atom. The Morgan fingerprint density at radius 1 is 1.11 bits per heavy atom. The summed E-state index contributed by atoms with van der Waals surface area (Å²) in [5.41, 5.74) is 3.27. The topological polar surface area (TPSA) is 40.6 Å². The van der Waals surface area contributed by atoms with Crippen LogP contribution < -0.4 is 14.2 Å². The first-order valence-corrected chi connectivity index (χ1v) is 11.0. The molecule has 0 amide bonds. The molecule has 0 spiro atoms. The molecule has 0 saturated carbocycles. The Kier molecular flexibility index (Phi) is 10.7. The summed E-state index contributed by atoms with van der Waals surface area (Å²) < 4.78 is 20.7. The molecule has 0 aliphatic heterocycles. The minimum absolute atomic E-state index is 0.591. The highest BCUT2D eigenvalue weighted by Gasteiger charge is 2.17. The Morgan fingerprint density at radius 2 is 1.70 bits per heavy atom. The molecule has 4 nitrogen and oxygen atoms in total. The highest BCUT2D eigenvalue weighted by Crippen LogP contribution is 2.43. The lowest BCUT2D eigenvalue weighted by Gasteiger charge is -2.14. The molecule has 2 rings (SSSR count). The molecule has 0 aliphatic carbocycles. The van der Waals surface area contributed by atoms with Crippen molar-refractivity contribution < 1.29 is 14.2 Å². The lowest BCUT2D eigenvalue weighted by atomic mass is 10.0. The number of allylic oxidation sites excluding steroid dienone is 4. The van der Waals surface area contributed by atoms with Crippen molar-refractivity contribution in [2.24, 2.45) is 0 Å². The van der Waals surface area contributed by atoms with E-state index in [0.29, 0.717) is 17.2 Å². The molecule has 27 heavy (non-hydrogen) atoms. The summed E-state index contributed by atoms with van der Waals surface area (Å²) in [6.45, 7) is 4.21. The van der Waals surface area contributed by atoms with Crippen LogP contribution in [0.5, 0.6) is 17.2 Å². The van der Waals surface area contributed by atoms with Crippen molar-refractivity contribution in [3.63, 3.8) is 0 Å². The van der Waals surface area contributed by atoms with E-state index in [9.17, 15) is 0 Å². The molecule has 0 radical (unpaired) electrons. The van der Waals surface area contributed by atoms with Crippen molar-refractivity contribution >= 4 is 28.9 Å². The van der Waals surface area contributed by atoms with Gasteiger partial charge in [-0.1, -0.05) is 25.2 Å².